The lowest BCUT2D eigenvalue weighted by Crippen LogP contribution is -2.49. The molecule has 3 rings (SSSR count). The summed E-state index contributed by atoms with van der Waals surface area (Å²) in [6, 6.07) is 14.4. The topological polar surface area (TPSA) is 79.0 Å². The SMILES string of the molecule is COC(=O)c1ccc(N2CCN(C(=O)c3ccccc3)CC2)c(NC(=O)C(C)(C)C)c1. The first kappa shape index (κ1) is 22.3. The number of piperazine rings is 1. The van der Waals surface area contributed by atoms with Crippen molar-refractivity contribution in [2.75, 3.05) is 43.5 Å². The number of ether oxygens (including phenoxy) is 1. The van der Waals surface area contributed by atoms with E-state index in [2.05, 4.69) is 10.2 Å². The molecule has 2 aromatic rings. The number of anilines is 2. The fourth-order valence-electron chi connectivity index (χ4n) is 3.38. The van der Waals surface area contributed by atoms with Crippen molar-refractivity contribution in [3.63, 3.8) is 0 Å². The monoisotopic (exact) mass is 423 g/mol. The average Bonchev–Trinajstić information content (AvgIpc) is 2.78. The van der Waals surface area contributed by atoms with Crippen LogP contribution < -0.4 is 10.2 Å². The van der Waals surface area contributed by atoms with Gasteiger partial charge in [0.1, 0.15) is 0 Å². The number of nitrogens with one attached hydrogen (secondary N) is 1. The van der Waals surface area contributed by atoms with Crippen LogP contribution in [0.15, 0.2) is 48.5 Å². The molecule has 0 radical (unpaired) electrons. The van der Waals surface area contributed by atoms with Gasteiger partial charge >= 0.3 is 5.97 Å². The Morgan fingerprint density at radius 1 is 0.903 bits per heavy atom. The second-order valence-corrected chi connectivity index (χ2v) is 8.57. The number of hydrogen-bond acceptors (Lipinski definition) is 5. The van der Waals surface area contributed by atoms with Gasteiger partial charge in [0, 0.05) is 37.2 Å². The molecule has 7 heteroatoms. The predicted octanol–water partition coefficient (Wildman–Crippen LogP) is 3.42. The highest BCUT2D eigenvalue weighted by Gasteiger charge is 2.26. The fourth-order valence-corrected chi connectivity index (χ4v) is 3.38. The standard InChI is InChI=1S/C24H29N3O4/c1-24(2,3)23(30)25-19-16-18(22(29)31-4)10-11-20(19)26-12-14-27(15-13-26)21(28)17-8-6-5-7-9-17/h5-11,16H,12-15H2,1-4H3,(H,25,30). The summed E-state index contributed by atoms with van der Waals surface area (Å²) in [5, 5.41) is 2.96. The van der Waals surface area contributed by atoms with E-state index in [0.717, 1.165) is 5.69 Å². The van der Waals surface area contributed by atoms with E-state index in [-0.39, 0.29) is 11.8 Å². The van der Waals surface area contributed by atoms with Crippen LogP contribution in [0.25, 0.3) is 0 Å². The van der Waals surface area contributed by atoms with Gasteiger partial charge in [-0.25, -0.2) is 4.79 Å². The maximum Gasteiger partial charge on any atom is 0.337 e. The molecule has 0 atom stereocenters. The van der Waals surface area contributed by atoms with Gasteiger partial charge in [0.25, 0.3) is 5.91 Å². The number of hydrogen-bond donors (Lipinski definition) is 1. The molecular weight excluding hydrogens is 394 g/mol. The van der Waals surface area contributed by atoms with Crippen LogP contribution >= 0.6 is 0 Å². The molecule has 1 aliphatic rings. The first-order valence-electron chi connectivity index (χ1n) is 10.3. The van der Waals surface area contributed by atoms with Crippen LogP contribution in [0.4, 0.5) is 11.4 Å². The molecule has 7 nitrogen and oxygen atoms in total. The number of rotatable bonds is 4. The molecule has 2 amide bonds. The van der Waals surface area contributed by atoms with Crippen molar-refractivity contribution in [2.24, 2.45) is 5.41 Å². The minimum Gasteiger partial charge on any atom is -0.465 e. The zero-order valence-corrected chi connectivity index (χ0v) is 18.5. The van der Waals surface area contributed by atoms with E-state index < -0.39 is 11.4 Å². The molecule has 1 heterocycles. The highest BCUT2D eigenvalue weighted by molar-refractivity contribution is 6.00. The maximum atomic E-state index is 12.7. The van der Waals surface area contributed by atoms with Gasteiger partial charge in [-0.2, -0.15) is 0 Å². The summed E-state index contributed by atoms with van der Waals surface area (Å²) in [5.74, 6) is -0.590. The predicted molar refractivity (Wildman–Crippen MR) is 120 cm³/mol. The second kappa shape index (κ2) is 9.20. The van der Waals surface area contributed by atoms with Gasteiger partial charge in [0.05, 0.1) is 24.0 Å². The van der Waals surface area contributed by atoms with E-state index in [0.29, 0.717) is 43.0 Å². The molecule has 0 bridgehead atoms. The Morgan fingerprint density at radius 2 is 1.55 bits per heavy atom. The molecule has 1 aliphatic heterocycles. The third-order valence-corrected chi connectivity index (χ3v) is 5.28. The van der Waals surface area contributed by atoms with Crippen molar-refractivity contribution in [3.8, 4) is 0 Å². The lowest BCUT2D eigenvalue weighted by Gasteiger charge is -2.37. The molecule has 31 heavy (non-hydrogen) atoms. The highest BCUT2D eigenvalue weighted by atomic mass is 16.5. The second-order valence-electron chi connectivity index (χ2n) is 8.57. The number of nitrogens with zero attached hydrogens (tertiary/aromatic N) is 2. The van der Waals surface area contributed by atoms with Crippen molar-refractivity contribution in [1.29, 1.82) is 0 Å². The van der Waals surface area contributed by atoms with E-state index in [9.17, 15) is 14.4 Å². The Kier molecular flexibility index (Phi) is 6.63. The molecule has 1 N–H and O–H groups in total. The fraction of sp³-hybridized carbons (Fsp3) is 0.375. The van der Waals surface area contributed by atoms with Gasteiger partial charge in [0.2, 0.25) is 5.91 Å². The van der Waals surface area contributed by atoms with Gasteiger partial charge in [-0.3, -0.25) is 9.59 Å². The lowest BCUT2D eigenvalue weighted by molar-refractivity contribution is -0.123. The van der Waals surface area contributed by atoms with Crippen LogP contribution in [-0.4, -0.2) is 56.0 Å². The molecule has 164 valence electrons. The van der Waals surface area contributed by atoms with Gasteiger partial charge in [-0.05, 0) is 30.3 Å². The average molecular weight is 424 g/mol. The molecule has 0 aromatic heterocycles. The van der Waals surface area contributed by atoms with E-state index in [1.54, 1.807) is 12.1 Å². The van der Waals surface area contributed by atoms with Gasteiger partial charge in [-0.15, -0.1) is 0 Å². The minimum absolute atomic E-state index is 0.0162. The number of amides is 2. The maximum absolute atomic E-state index is 12.7. The van der Waals surface area contributed by atoms with Gasteiger partial charge < -0.3 is 19.9 Å². The Hall–Kier alpha value is -3.35. The van der Waals surface area contributed by atoms with E-state index in [1.807, 2.05) is 62.1 Å². The first-order valence-corrected chi connectivity index (χ1v) is 10.3. The van der Waals surface area contributed by atoms with E-state index in [4.69, 9.17) is 4.74 Å². The lowest BCUT2D eigenvalue weighted by atomic mass is 9.95. The summed E-state index contributed by atoms with van der Waals surface area (Å²) in [4.78, 5) is 41.3. The molecular formula is C24H29N3O4. The summed E-state index contributed by atoms with van der Waals surface area (Å²) in [6.45, 7) is 7.88. The third-order valence-electron chi connectivity index (χ3n) is 5.28. The van der Waals surface area contributed by atoms with Crippen LogP contribution in [0, 0.1) is 5.41 Å². The largest absolute Gasteiger partial charge is 0.465 e. The summed E-state index contributed by atoms with van der Waals surface area (Å²) in [5.41, 5.74) is 1.84. The smallest absolute Gasteiger partial charge is 0.337 e. The number of esters is 1. The van der Waals surface area contributed by atoms with Gasteiger partial charge in [0.15, 0.2) is 0 Å². The zero-order valence-electron chi connectivity index (χ0n) is 18.5. The van der Waals surface area contributed by atoms with Crippen LogP contribution in [0.5, 0.6) is 0 Å². The number of methoxy groups -OCH3 is 1. The first-order chi connectivity index (χ1) is 14.7. The van der Waals surface area contributed by atoms with Crippen molar-refractivity contribution in [2.45, 2.75) is 20.8 Å². The van der Waals surface area contributed by atoms with Crippen LogP contribution in [0.2, 0.25) is 0 Å². The summed E-state index contributed by atoms with van der Waals surface area (Å²) >= 11 is 0. The van der Waals surface area contributed by atoms with Crippen molar-refractivity contribution in [1.82, 2.24) is 4.90 Å². The number of carbonyl (C=O) groups is 3. The Bertz CT molecular complexity index is 959. The van der Waals surface area contributed by atoms with Crippen LogP contribution in [0.3, 0.4) is 0 Å². The van der Waals surface area contributed by atoms with Gasteiger partial charge in [-0.1, -0.05) is 39.0 Å². The summed E-state index contributed by atoms with van der Waals surface area (Å²) < 4.78 is 4.82. The molecule has 1 fully saturated rings. The van der Waals surface area contributed by atoms with Crippen LogP contribution in [0.1, 0.15) is 41.5 Å². The molecule has 0 spiro atoms. The minimum atomic E-state index is -0.584. The number of benzene rings is 2. The quantitative estimate of drug-likeness (QED) is 0.763. The Balaban J connectivity index is 1.79. The Morgan fingerprint density at radius 3 is 2.13 bits per heavy atom. The van der Waals surface area contributed by atoms with Crippen molar-refractivity contribution >= 4 is 29.2 Å². The molecule has 0 saturated carbocycles. The Labute approximate surface area is 183 Å². The summed E-state index contributed by atoms with van der Waals surface area (Å²) in [7, 11) is 1.33. The van der Waals surface area contributed by atoms with E-state index in [1.165, 1.54) is 7.11 Å². The highest BCUT2D eigenvalue weighted by Crippen LogP contribution is 2.30. The van der Waals surface area contributed by atoms with E-state index >= 15 is 0 Å². The molecule has 1 saturated heterocycles. The van der Waals surface area contributed by atoms with Crippen LogP contribution in [-0.2, 0) is 9.53 Å². The number of carbonyl (C=O) groups excluding carboxylic acids is 3. The normalized spacial score (nSPS) is 14.2. The molecule has 0 aliphatic carbocycles. The third kappa shape index (κ3) is 5.23. The van der Waals surface area contributed by atoms with Crippen molar-refractivity contribution < 1.29 is 19.1 Å². The zero-order chi connectivity index (χ0) is 22.6. The summed E-state index contributed by atoms with van der Waals surface area (Å²) in [6.07, 6.45) is 0. The van der Waals surface area contributed by atoms with Crippen molar-refractivity contribution in [3.05, 3.63) is 59.7 Å². The molecule has 2 aromatic carbocycles. The molecule has 0 unspecified atom stereocenters.